The lowest BCUT2D eigenvalue weighted by Gasteiger charge is -2.29. The number of aromatic carboxylic acids is 1. The van der Waals surface area contributed by atoms with Gasteiger partial charge in [-0.1, -0.05) is 0 Å². The normalized spacial score (nSPS) is 27.8. The predicted octanol–water partition coefficient (Wildman–Crippen LogP) is 0.839. The molecule has 0 amide bonds. The Morgan fingerprint density at radius 3 is 2.82 bits per heavy atom. The van der Waals surface area contributed by atoms with Gasteiger partial charge in [-0.15, -0.1) is 0 Å². The summed E-state index contributed by atoms with van der Waals surface area (Å²) in [6.45, 7) is 1.74. The molecule has 0 saturated carbocycles. The van der Waals surface area contributed by atoms with Crippen LogP contribution < -0.4 is 0 Å². The van der Waals surface area contributed by atoms with E-state index in [1.165, 1.54) is 0 Å². The van der Waals surface area contributed by atoms with Crippen LogP contribution in [0.2, 0.25) is 0 Å². The molecule has 1 aliphatic heterocycles. The number of oxazole rings is 1. The zero-order valence-corrected chi connectivity index (χ0v) is 10.2. The van der Waals surface area contributed by atoms with Gasteiger partial charge in [-0.25, -0.2) is 18.2 Å². The summed E-state index contributed by atoms with van der Waals surface area (Å²) in [5.74, 6) is -1.14. The zero-order valence-electron chi connectivity index (χ0n) is 9.34. The van der Waals surface area contributed by atoms with Crippen molar-refractivity contribution in [2.45, 2.75) is 25.2 Å². The van der Waals surface area contributed by atoms with Gasteiger partial charge >= 0.3 is 5.97 Å². The second-order valence-electron chi connectivity index (χ2n) is 4.59. The summed E-state index contributed by atoms with van der Waals surface area (Å²) in [4.78, 5) is 14.6. The van der Waals surface area contributed by atoms with Gasteiger partial charge in [0.25, 0.3) is 0 Å². The van der Waals surface area contributed by atoms with Crippen molar-refractivity contribution in [3.63, 3.8) is 0 Å². The molecule has 1 unspecified atom stereocenters. The molecule has 94 valence electrons. The van der Waals surface area contributed by atoms with Gasteiger partial charge in [0.05, 0.1) is 23.1 Å². The number of carboxylic acids is 1. The minimum Gasteiger partial charge on any atom is -0.475 e. The van der Waals surface area contributed by atoms with E-state index in [-0.39, 0.29) is 23.2 Å². The second kappa shape index (κ2) is 3.83. The molecule has 1 aromatic rings. The Labute approximate surface area is 98.6 Å². The number of rotatable bonds is 2. The Kier molecular flexibility index (Phi) is 2.73. The molecule has 0 aromatic carbocycles. The monoisotopic (exact) mass is 259 g/mol. The van der Waals surface area contributed by atoms with Crippen LogP contribution in [0.1, 0.15) is 36.2 Å². The summed E-state index contributed by atoms with van der Waals surface area (Å²) in [5.41, 5.74) is -0.717. The number of carboxylic acid groups (broad SMARTS) is 1. The molecule has 1 aliphatic rings. The Bertz CT molecular complexity index is 547. The maximum atomic E-state index is 11.6. The molecule has 0 aliphatic carbocycles. The van der Waals surface area contributed by atoms with Crippen molar-refractivity contribution in [1.29, 1.82) is 0 Å². The molecule has 1 saturated heterocycles. The molecular weight excluding hydrogens is 246 g/mol. The minimum absolute atomic E-state index is 0.0421. The second-order valence-corrected chi connectivity index (χ2v) is 6.78. The molecule has 17 heavy (non-hydrogen) atoms. The maximum absolute atomic E-state index is 11.6. The fourth-order valence-electron chi connectivity index (χ4n) is 2.13. The fourth-order valence-corrected chi connectivity index (χ4v) is 4.10. The smallest absolute Gasteiger partial charge is 0.373 e. The van der Waals surface area contributed by atoms with Gasteiger partial charge in [0.15, 0.2) is 9.84 Å². The van der Waals surface area contributed by atoms with Crippen molar-refractivity contribution in [2.75, 3.05) is 11.5 Å². The topological polar surface area (TPSA) is 97.5 Å². The summed E-state index contributed by atoms with van der Waals surface area (Å²) in [6.07, 6.45) is 2.29. The third-order valence-electron chi connectivity index (χ3n) is 2.96. The number of carbonyl (C=O) groups is 1. The van der Waals surface area contributed by atoms with E-state index in [0.29, 0.717) is 12.8 Å². The molecule has 0 radical (unpaired) electrons. The molecule has 1 aromatic heterocycles. The van der Waals surface area contributed by atoms with Crippen molar-refractivity contribution in [2.24, 2.45) is 0 Å². The molecule has 1 atom stereocenters. The largest absolute Gasteiger partial charge is 0.475 e. The van der Waals surface area contributed by atoms with Crippen molar-refractivity contribution < 1.29 is 22.7 Å². The van der Waals surface area contributed by atoms with Crippen molar-refractivity contribution in [3.05, 3.63) is 17.8 Å². The van der Waals surface area contributed by atoms with Crippen LogP contribution in [0.4, 0.5) is 0 Å². The Morgan fingerprint density at radius 2 is 2.29 bits per heavy atom. The van der Waals surface area contributed by atoms with Crippen LogP contribution in [-0.2, 0) is 15.3 Å². The number of nitrogens with zero attached hydrogens (tertiary/aromatic N) is 1. The van der Waals surface area contributed by atoms with Crippen LogP contribution in [0, 0.1) is 0 Å². The first-order valence-corrected chi connectivity index (χ1v) is 7.05. The van der Waals surface area contributed by atoms with Gasteiger partial charge in [-0.05, 0) is 19.8 Å². The summed E-state index contributed by atoms with van der Waals surface area (Å²) in [6, 6.07) is 0. The number of aromatic nitrogens is 1. The maximum Gasteiger partial charge on any atom is 0.373 e. The highest BCUT2D eigenvalue weighted by atomic mass is 32.2. The van der Waals surface area contributed by atoms with E-state index in [4.69, 9.17) is 9.52 Å². The van der Waals surface area contributed by atoms with Crippen molar-refractivity contribution >= 4 is 15.8 Å². The molecule has 1 fully saturated rings. The molecule has 7 heteroatoms. The lowest BCUT2D eigenvalue weighted by molar-refractivity contribution is 0.0658. The van der Waals surface area contributed by atoms with Crippen molar-refractivity contribution in [1.82, 2.24) is 4.98 Å². The lowest BCUT2D eigenvalue weighted by Crippen LogP contribution is -2.37. The lowest BCUT2D eigenvalue weighted by atomic mass is 9.87. The Hall–Kier alpha value is -1.37. The predicted molar refractivity (Wildman–Crippen MR) is 58.7 cm³/mol. The highest BCUT2D eigenvalue weighted by Gasteiger charge is 2.40. The number of hydrogen-bond acceptors (Lipinski definition) is 5. The van der Waals surface area contributed by atoms with Crippen LogP contribution in [0.3, 0.4) is 0 Å². The summed E-state index contributed by atoms with van der Waals surface area (Å²) < 4.78 is 28.3. The average molecular weight is 259 g/mol. The summed E-state index contributed by atoms with van der Waals surface area (Å²) >= 11 is 0. The van der Waals surface area contributed by atoms with Crippen LogP contribution in [0.15, 0.2) is 10.6 Å². The fraction of sp³-hybridized carbons (Fsp3) is 0.600. The molecule has 2 rings (SSSR count). The zero-order chi connectivity index (χ0) is 12.7. The van der Waals surface area contributed by atoms with Gasteiger partial charge in [0.2, 0.25) is 11.7 Å². The SMILES string of the molecule is CC1(c2ncc(C(=O)O)o2)CCCS(=O)(=O)C1. The molecule has 0 bridgehead atoms. The third kappa shape index (κ3) is 2.33. The van der Waals surface area contributed by atoms with Crippen LogP contribution in [0.25, 0.3) is 0 Å². The van der Waals surface area contributed by atoms with Gasteiger partial charge in [0.1, 0.15) is 0 Å². The average Bonchev–Trinajstić information content (AvgIpc) is 2.64. The van der Waals surface area contributed by atoms with Gasteiger partial charge < -0.3 is 9.52 Å². The minimum atomic E-state index is -3.10. The number of hydrogen-bond donors (Lipinski definition) is 1. The van der Waals surface area contributed by atoms with E-state index >= 15 is 0 Å². The quantitative estimate of drug-likeness (QED) is 0.845. The van der Waals surface area contributed by atoms with Gasteiger partial charge in [-0.3, -0.25) is 0 Å². The highest BCUT2D eigenvalue weighted by Crippen LogP contribution is 2.34. The van der Waals surface area contributed by atoms with Gasteiger partial charge in [0, 0.05) is 0 Å². The Morgan fingerprint density at radius 1 is 1.59 bits per heavy atom. The molecular formula is C10H13NO5S. The van der Waals surface area contributed by atoms with E-state index in [1.807, 2.05) is 0 Å². The third-order valence-corrected chi connectivity index (χ3v) is 4.94. The first-order chi connectivity index (χ1) is 7.82. The highest BCUT2D eigenvalue weighted by molar-refractivity contribution is 7.91. The van der Waals surface area contributed by atoms with Gasteiger partial charge in [-0.2, -0.15) is 0 Å². The first kappa shape index (κ1) is 12.1. The number of sulfone groups is 1. The van der Waals surface area contributed by atoms with E-state index < -0.39 is 21.2 Å². The molecule has 0 spiro atoms. The standard InChI is InChI=1S/C10H13NO5S/c1-10(3-2-4-17(14,15)6-10)9-11-5-7(16-9)8(12)13/h5H,2-4,6H2,1H3,(H,12,13). The van der Waals surface area contributed by atoms with Crippen molar-refractivity contribution in [3.8, 4) is 0 Å². The van der Waals surface area contributed by atoms with E-state index in [2.05, 4.69) is 4.98 Å². The summed E-state index contributed by atoms with van der Waals surface area (Å²) in [5, 5.41) is 8.73. The van der Waals surface area contributed by atoms with Crippen LogP contribution in [-0.4, -0.2) is 36.0 Å². The Balaban J connectivity index is 2.34. The first-order valence-electron chi connectivity index (χ1n) is 5.22. The van der Waals surface area contributed by atoms with E-state index in [0.717, 1.165) is 6.20 Å². The van der Waals surface area contributed by atoms with Crippen LogP contribution in [0.5, 0.6) is 0 Å². The van der Waals surface area contributed by atoms with Crippen LogP contribution >= 0.6 is 0 Å². The molecule has 6 nitrogen and oxygen atoms in total. The van der Waals surface area contributed by atoms with E-state index in [9.17, 15) is 13.2 Å². The molecule has 1 N–H and O–H groups in total. The summed E-state index contributed by atoms with van der Waals surface area (Å²) in [7, 11) is -3.10. The molecule has 2 heterocycles. The van der Waals surface area contributed by atoms with E-state index in [1.54, 1.807) is 6.92 Å².